The molecule has 0 saturated heterocycles. The number of carbonyl (C=O) groups excluding carboxylic acids is 2. The van der Waals surface area contributed by atoms with E-state index >= 15 is 0 Å². The van der Waals surface area contributed by atoms with Crippen LogP contribution in [0.25, 0.3) is 0 Å². The number of benzene rings is 2. The Hall–Kier alpha value is -2.21. The first-order valence-corrected chi connectivity index (χ1v) is 18.1. The molecule has 0 amide bonds. The van der Waals surface area contributed by atoms with Crippen LogP contribution in [0.4, 0.5) is 0 Å². The van der Waals surface area contributed by atoms with Crippen LogP contribution in [0.15, 0.2) is 60.7 Å². The first-order valence-electron chi connectivity index (χ1n) is 18.1. The van der Waals surface area contributed by atoms with E-state index in [1.165, 1.54) is 37.7 Å². The van der Waals surface area contributed by atoms with E-state index in [-0.39, 0.29) is 35.8 Å². The largest absolute Gasteiger partial charge is 0.453 e. The van der Waals surface area contributed by atoms with Crippen LogP contribution in [-0.4, -0.2) is 48.5 Å². The van der Waals surface area contributed by atoms with Crippen LogP contribution < -0.4 is 0 Å². The number of ether oxygens (including phenoxy) is 1. The fourth-order valence-corrected chi connectivity index (χ4v) is 10.4. The maximum absolute atomic E-state index is 12.3. The molecule has 0 aliphatic heterocycles. The lowest BCUT2D eigenvalue weighted by Gasteiger charge is -2.60. The van der Waals surface area contributed by atoms with Gasteiger partial charge in [-0.25, -0.2) is 0 Å². The smallest absolute Gasteiger partial charge is 0.306 e. The fraction of sp³-hybridized carbons (Fsp3) is 0.659. The van der Waals surface area contributed by atoms with Gasteiger partial charge in [-0.1, -0.05) is 88.4 Å². The number of hydrogen-bond donors (Lipinski definition) is 1. The van der Waals surface area contributed by atoms with E-state index in [9.17, 15) is 14.7 Å². The number of nitrogens with zero attached hydrogens (tertiary/aromatic N) is 1. The van der Waals surface area contributed by atoms with Crippen molar-refractivity contribution in [2.24, 2.45) is 40.4 Å². The number of halogens is 1. The minimum Gasteiger partial charge on any atom is -0.453 e. The van der Waals surface area contributed by atoms with Crippen molar-refractivity contribution in [3.63, 3.8) is 0 Å². The standard InChI is InChI=1S/C22H29NO2.C19H30O2.ClH/c1-5-21(24)25-22(18(2)17-23(3)4,20-14-10-7-11-15-20)16-19-12-8-6-9-13-19;1-18-9-7-13(20)11-12(18)3-4-14-15-5-6-17(21)19(15,2)10-8-16(14)18;/h6-15,18H,5,16-17H2,1-4H3;12,14-17,21H,3-11H2,1-2H3;1H/t18-,22+;12-,14-,15-,16-,17-,18-,19-;/m10./s1. The molecule has 4 aliphatic rings. The molecule has 6 heteroatoms. The van der Waals surface area contributed by atoms with Gasteiger partial charge in [0, 0.05) is 38.1 Å². The van der Waals surface area contributed by atoms with Crippen molar-refractivity contribution in [2.75, 3.05) is 20.6 Å². The third-order valence-corrected chi connectivity index (χ3v) is 13.0. The predicted octanol–water partition coefficient (Wildman–Crippen LogP) is 8.66. The van der Waals surface area contributed by atoms with Crippen molar-refractivity contribution in [2.45, 2.75) is 110 Å². The Morgan fingerprint density at radius 3 is 2.21 bits per heavy atom. The van der Waals surface area contributed by atoms with E-state index in [0.717, 1.165) is 55.5 Å². The van der Waals surface area contributed by atoms with Crippen LogP contribution in [0.1, 0.15) is 103 Å². The minimum absolute atomic E-state index is 0. The molecule has 0 heterocycles. The average molecular weight is 666 g/mol. The highest BCUT2D eigenvalue weighted by Gasteiger charge is 2.60. The molecule has 4 fully saturated rings. The SMILES string of the molecule is CCC(=O)O[C@](Cc1ccccc1)(c1ccccc1)[C@H](C)CN(C)C.C[C@]12CCC(=O)C[C@@H]1CC[C@@H]1[C@@H]2CC[C@]2(C)[C@@H](O)CC[C@@H]12.Cl. The van der Waals surface area contributed by atoms with Crippen molar-refractivity contribution < 1.29 is 19.4 Å². The molecule has 6 rings (SSSR count). The molecule has 0 spiro atoms. The molecule has 0 unspecified atom stereocenters. The minimum atomic E-state index is -0.681. The van der Waals surface area contributed by atoms with Gasteiger partial charge in [0.25, 0.3) is 0 Å². The highest BCUT2D eigenvalue weighted by Crippen LogP contribution is 2.65. The predicted molar refractivity (Wildman–Crippen MR) is 192 cm³/mol. The maximum atomic E-state index is 12.3. The summed E-state index contributed by atoms with van der Waals surface area (Å²) in [4.78, 5) is 26.4. The van der Waals surface area contributed by atoms with Gasteiger partial charge in [-0.2, -0.15) is 0 Å². The van der Waals surface area contributed by atoms with Crippen LogP contribution in [0.5, 0.6) is 0 Å². The van der Waals surface area contributed by atoms with E-state index in [2.05, 4.69) is 64.0 Å². The molecule has 260 valence electrons. The summed E-state index contributed by atoms with van der Waals surface area (Å²) in [5.74, 6) is 3.50. The highest BCUT2D eigenvalue weighted by molar-refractivity contribution is 5.85. The molecule has 5 nitrogen and oxygen atoms in total. The summed E-state index contributed by atoms with van der Waals surface area (Å²) >= 11 is 0. The number of carbonyl (C=O) groups is 2. The second kappa shape index (κ2) is 15.6. The molecule has 0 radical (unpaired) electrons. The summed E-state index contributed by atoms with van der Waals surface area (Å²) < 4.78 is 6.17. The van der Waals surface area contributed by atoms with Crippen LogP contribution in [0.3, 0.4) is 0 Å². The first-order chi connectivity index (χ1) is 21.9. The maximum Gasteiger partial charge on any atom is 0.306 e. The molecule has 2 aromatic carbocycles. The van der Waals surface area contributed by atoms with Crippen LogP contribution >= 0.6 is 12.4 Å². The average Bonchev–Trinajstić information content (AvgIpc) is 3.35. The molecule has 4 aliphatic carbocycles. The van der Waals surface area contributed by atoms with Crippen LogP contribution in [0, 0.1) is 40.4 Å². The van der Waals surface area contributed by atoms with Gasteiger partial charge in [-0.15, -0.1) is 12.4 Å². The van der Waals surface area contributed by atoms with Gasteiger partial charge < -0.3 is 14.7 Å². The molecule has 4 saturated carbocycles. The zero-order chi connectivity index (χ0) is 33.1. The second-order valence-electron chi connectivity index (χ2n) is 15.9. The number of aliphatic hydroxyl groups is 1. The Morgan fingerprint density at radius 2 is 1.57 bits per heavy atom. The van der Waals surface area contributed by atoms with Gasteiger partial charge in [0.2, 0.25) is 0 Å². The van der Waals surface area contributed by atoms with Gasteiger partial charge in [0.1, 0.15) is 11.4 Å². The Bertz CT molecular complexity index is 1320. The summed E-state index contributed by atoms with van der Waals surface area (Å²) in [6.45, 7) is 9.69. The van der Waals surface area contributed by atoms with E-state index in [1.807, 2.05) is 43.3 Å². The number of ketones is 1. The number of fused-ring (bicyclic) bond motifs is 5. The van der Waals surface area contributed by atoms with E-state index in [0.29, 0.717) is 30.0 Å². The topological polar surface area (TPSA) is 66.8 Å². The molecule has 9 atom stereocenters. The molecule has 0 aromatic heterocycles. The lowest BCUT2D eigenvalue weighted by molar-refractivity contribution is -0.168. The lowest BCUT2D eigenvalue weighted by Crippen LogP contribution is -2.54. The number of rotatable bonds is 8. The molecule has 1 N–H and O–H groups in total. The second-order valence-corrected chi connectivity index (χ2v) is 15.9. The highest BCUT2D eigenvalue weighted by atomic mass is 35.5. The molecule has 0 bridgehead atoms. The van der Waals surface area contributed by atoms with Crippen LogP contribution in [-0.2, 0) is 26.3 Å². The monoisotopic (exact) mass is 665 g/mol. The molecular weight excluding hydrogens is 606 g/mol. The summed E-state index contributed by atoms with van der Waals surface area (Å²) in [6, 6.07) is 20.4. The van der Waals surface area contributed by atoms with Crippen molar-refractivity contribution in [1.29, 1.82) is 0 Å². The number of esters is 1. The van der Waals surface area contributed by atoms with Crippen molar-refractivity contribution >= 4 is 24.2 Å². The Morgan fingerprint density at radius 1 is 0.936 bits per heavy atom. The van der Waals surface area contributed by atoms with E-state index in [1.54, 1.807) is 0 Å². The summed E-state index contributed by atoms with van der Waals surface area (Å²) in [5.41, 5.74) is 2.14. The summed E-state index contributed by atoms with van der Waals surface area (Å²) in [6.07, 6.45) is 11.1. The van der Waals surface area contributed by atoms with Crippen LogP contribution in [0.2, 0.25) is 0 Å². The van der Waals surface area contributed by atoms with E-state index < -0.39 is 5.60 Å². The lowest BCUT2D eigenvalue weighted by atomic mass is 9.45. The summed E-state index contributed by atoms with van der Waals surface area (Å²) in [7, 11) is 4.10. The third-order valence-electron chi connectivity index (χ3n) is 13.0. The number of hydrogen-bond acceptors (Lipinski definition) is 5. The molecule has 47 heavy (non-hydrogen) atoms. The Balaban J connectivity index is 0.000000210. The van der Waals surface area contributed by atoms with Gasteiger partial charge in [0.15, 0.2) is 0 Å². The third kappa shape index (κ3) is 7.68. The van der Waals surface area contributed by atoms with Crippen molar-refractivity contribution in [3.05, 3.63) is 71.8 Å². The zero-order valence-corrected chi connectivity index (χ0v) is 30.6. The zero-order valence-electron chi connectivity index (χ0n) is 29.8. The van der Waals surface area contributed by atoms with Gasteiger partial charge >= 0.3 is 5.97 Å². The van der Waals surface area contributed by atoms with Gasteiger partial charge in [-0.05, 0) is 105 Å². The number of aliphatic hydroxyl groups excluding tert-OH is 1. The van der Waals surface area contributed by atoms with E-state index in [4.69, 9.17) is 4.74 Å². The summed E-state index contributed by atoms with van der Waals surface area (Å²) in [5, 5.41) is 10.5. The van der Waals surface area contributed by atoms with Gasteiger partial charge in [0.05, 0.1) is 6.10 Å². The molecule has 2 aromatic rings. The molecular formula is C41H60ClNO4. The Kier molecular flexibility index (Phi) is 12.4. The van der Waals surface area contributed by atoms with Crippen molar-refractivity contribution in [1.82, 2.24) is 4.90 Å². The van der Waals surface area contributed by atoms with Gasteiger partial charge in [-0.3, -0.25) is 9.59 Å². The quantitative estimate of drug-likeness (QED) is 0.286. The fourth-order valence-electron chi connectivity index (χ4n) is 10.4. The first kappa shape index (κ1) is 37.6. The Labute approximate surface area is 290 Å². The number of Topliss-reactive ketones (excluding diaryl/α,β-unsaturated/α-hetero) is 1. The normalized spacial score (nSPS) is 33.1. The van der Waals surface area contributed by atoms with Crippen molar-refractivity contribution in [3.8, 4) is 0 Å².